The number of hydrogen-bond donors (Lipinski definition) is 0. The molecule has 2 aromatic heterocycles. The van der Waals surface area contributed by atoms with Crippen molar-refractivity contribution >= 4 is 17.5 Å². The third-order valence-electron chi connectivity index (χ3n) is 4.42. The van der Waals surface area contributed by atoms with Crippen LogP contribution in [0.5, 0.6) is 0 Å². The zero-order valence-corrected chi connectivity index (χ0v) is 16.8. The van der Waals surface area contributed by atoms with Crippen LogP contribution in [0.4, 0.5) is 0 Å². The van der Waals surface area contributed by atoms with Gasteiger partial charge in [-0.3, -0.25) is 14.3 Å². The van der Waals surface area contributed by atoms with Crippen molar-refractivity contribution in [2.75, 3.05) is 0 Å². The summed E-state index contributed by atoms with van der Waals surface area (Å²) in [6.45, 7) is 7.35. The molecule has 2 heterocycles. The zero-order valence-electron chi connectivity index (χ0n) is 15.9. The van der Waals surface area contributed by atoms with Crippen molar-refractivity contribution in [2.24, 2.45) is 13.0 Å². The number of carbonyl (C=O) groups excluding carboxylic acids is 1. The van der Waals surface area contributed by atoms with Crippen LogP contribution in [-0.2, 0) is 11.8 Å². The van der Waals surface area contributed by atoms with Gasteiger partial charge in [-0.1, -0.05) is 43.8 Å². The molecule has 3 aromatic rings. The molecule has 0 amide bonds. The van der Waals surface area contributed by atoms with Crippen LogP contribution in [0.25, 0.3) is 11.4 Å². The van der Waals surface area contributed by atoms with E-state index < -0.39 is 0 Å². The first-order valence-electron chi connectivity index (χ1n) is 8.62. The molecule has 0 fully saturated rings. The highest BCUT2D eigenvalue weighted by Gasteiger charge is 2.26. The number of carbonyl (C=O) groups is 1. The molecule has 27 heavy (non-hydrogen) atoms. The van der Waals surface area contributed by atoms with E-state index in [4.69, 9.17) is 0 Å². The highest BCUT2D eigenvalue weighted by molar-refractivity contribution is 8.00. The van der Waals surface area contributed by atoms with Gasteiger partial charge in [0.1, 0.15) is 5.78 Å². The molecule has 0 radical (unpaired) electrons. The summed E-state index contributed by atoms with van der Waals surface area (Å²) in [7, 11) is 1.82. The monoisotopic (exact) mass is 386 g/mol. The molecule has 1 atom stereocenters. The standard InChI is InChI=1S/C18H22N6O2S/c1-11(2)16(13(4)25)27-18-19-20-21-23(18)15-12(3)22(5)24(17(15)26)14-9-7-6-8-10-14/h6-11,16H,1-5H3. The Morgan fingerprint density at radius 1 is 1.19 bits per heavy atom. The molecule has 0 spiro atoms. The number of ketones is 1. The molecule has 1 aromatic carbocycles. The van der Waals surface area contributed by atoms with Crippen molar-refractivity contribution in [2.45, 2.75) is 38.1 Å². The smallest absolute Gasteiger partial charge is 0.297 e. The number of nitrogens with zero attached hydrogens (tertiary/aromatic N) is 6. The first-order chi connectivity index (χ1) is 12.8. The van der Waals surface area contributed by atoms with Crippen molar-refractivity contribution in [3.63, 3.8) is 0 Å². The van der Waals surface area contributed by atoms with Crippen LogP contribution in [-0.4, -0.2) is 40.6 Å². The lowest BCUT2D eigenvalue weighted by Crippen LogP contribution is -2.23. The molecule has 142 valence electrons. The SMILES string of the molecule is CC(=O)C(Sc1nnnn1-c1c(C)n(C)n(-c2ccccc2)c1=O)C(C)C. The fourth-order valence-electron chi connectivity index (χ4n) is 2.99. The van der Waals surface area contributed by atoms with Crippen LogP contribution in [0.1, 0.15) is 26.5 Å². The van der Waals surface area contributed by atoms with Crippen molar-refractivity contribution in [1.82, 2.24) is 29.6 Å². The van der Waals surface area contributed by atoms with E-state index in [2.05, 4.69) is 15.5 Å². The van der Waals surface area contributed by atoms with Gasteiger partial charge in [-0.2, -0.15) is 4.68 Å². The normalized spacial score (nSPS) is 12.5. The Bertz CT molecular complexity index is 1020. The Labute approximate surface area is 161 Å². The van der Waals surface area contributed by atoms with Crippen LogP contribution in [0.3, 0.4) is 0 Å². The molecular weight excluding hydrogens is 364 g/mol. The molecule has 0 N–H and O–H groups in total. The maximum absolute atomic E-state index is 13.2. The maximum Gasteiger partial charge on any atom is 0.297 e. The first kappa shape index (κ1) is 19.1. The minimum absolute atomic E-state index is 0.0519. The number of benzene rings is 1. The molecule has 1 unspecified atom stereocenters. The van der Waals surface area contributed by atoms with Gasteiger partial charge in [-0.25, -0.2) is 4.68 Å². The van der Waals surface area contributed by atoms with Gasteiger partial charge < -0.3 is 0 Å². The van der Waals surface area contributed by atoms with E-state index in [0.29, 0.717) is 10.8 Å². The number of rotatable bonds is 6. The van der Waals surface area contributed by atoms with Crippen LogP contribution in [0, 0.1) is 12.8 Å². The molecule has 0 bridgehead atoms. The Morgan fingerprint density at radius 3 is 2.44 bits per heavy atom. The van der Waals surface area contributed by atoms with Crippen LogP contribution >= 0.6 is 11.8 Å². The largest absolute Gasteiger partial charge is 0.299 e. The van der Waals surface area contributed by atoms with Gasteiger partial charge in [0, 0.05) is 7.05 Å². The van der Waals surface area contributed by atoms with Crippen molar-refractivity contribution in [3.05, 3.63) is 46.4 Å². The minimum Gasteiger partial charge on any atom is -0.299 e. The van der Waals surface area contributed by atoms with Gasteiger partial charge in [-0.15, -0.1) is 5.10 Å². The summed E-state index contributed by atoms with van der Waals surface area (Å²) in [6.07, 6.45) is 0. The van der Waals surface area contributed by atoms with Gasteiger partial charge in [0.2, 0.25) is 5.16 Å². The fraction of sp³-hybridized carbons (Fsp3) is 0.389. The summed E-state index contributed by atoms with van der Waals surface area (Å²) in [5, 5.41) is 12.0. The molecule has 3 rings (SSSR count). The Morgan fingerprint density at radius 2 is 1.85 bits per heavy atom. The predicted octanol–water partition coefficient (Wildman–Crippen LogP) is 2.17. The van der Waals surface area contributed by atoms with Crippen molar-refractivity contribution < 1.29 is 4.79 Å². The van der Waals surface area contributed by atoms with E-state index in [1.165, 1.54) is 16.4 Å². The highest BCUT2D eigenvalue weighted by atomic mass is 32.2. The van der Waals surface area contributed by atoms with E-state index in [0.717, 1.165) is 11.4 Å². The van der Waals surface area contributed by atoms with E-state index in [1.807, 2.05) is 58.2 Å². The molecule has 0 saturated heterocycles. The van der Waals surface area contributed by atoms with E-state index in [9.17, 15) is 9.59 Å². The van der Waals surface area contributed by atoms with Crippen LogP contribution in [0.15, 0.2) is 40.3 Å². The minimum atomic E-state index is -0.282. The first-order valence-corrected chi connectivity index (χ1v) is 9.50. The summed E-state index contributed by atoms with van der Waals surface area (Å²) in [4.78, 5) is 25.1. The van der Waals surface area contributed by atoms with Crippen molar-refractivity contribution in [3.8, 4) is 11.4 Å². The average molecular weight is 386 g/mol. The highest BCUT2D eigenvalue weighted by Crippen LogP contribution is 2.28. The van der Waals surface area contributed by atoms with E-state index in [1.54, 1.807) is 16.3 Å². The van der Waals surface area contributed by atoms with E-state index >= 15 is 0 Å². The topological polar surface area (TPSA) is 87.6 Å². The number of thioether (sulfide) groups is 1. The number of tetrazole rings is 1. The van der Waals surface area contributed by atoms with Gasteiger partial charge >= 0.3 is 0 Å². The zero-order chi connectivity index (χ0) is 19.7. The predicted molar refractivity (Wildman–Crippen MR) is 104 cm³/mol. The Balaban J connectivity index is 2.11. The van der Waals surface area contributed by atoms with Gasteiger partial charge in [0.05, 0.1) is 16.6 Å². The molecule has 0 aliphatic heterocycles. The van der Waals surface area contributed by atoms with Gasteiger partial charge in [0.25, 0.3) is 5.56 Å². The van der Waals surface area contributed by atoms with E-state index in [-0.39, 0.29) is 22.5 Å². The number of hydrogen-bond acceptors (Lipinski definition) is 6. The third kappa shape index (κ3) is 3.46. The Kier molecular flexibility index (Phi) is 5.31. The van der Waals surface area contributed by atoms with Crippen LogP contribution < -0.4 is 5.56 Å². The summed E-state index contributed by atoms with van der Waals surface area (Å²) in [6, 6.07) is 9.38. The summed E-state index contributed by atoms with van der Waals surface area (Å²) >= 11 is 1.28. The number of aromatic nitrogens is 6. The molecule has 0 saturated carbocycles. The van der Waals surface area contributed by atoms with Gasteiger partial charge in [-0.05, 0) is 42.3 Å². The number of para-hydroxylation sites is 1. The fourth-order valence-corrected chi connectivity index (χ4v) is 3.97. The summed E-state index contributed by atoms with van der Waals surface area (Å²) in [5.41, 5.74) is 1.63. The molecular formula is C18H22N6O2S. The lowest BCUT2D eigenvalue weighted by molar-refractivity contribution is -0.117. The number of Topliss-reactive ketones (excluding diaryl/α,β-unsaturated/α-hetero) is 1. The second kappa shape index (κ2) is 7.51. The molecule has 8 nitrogen and oxygen atoms in total. The molecule has 0 aliphatic carbocycles. The average Bonchev–Trinajstić information content (AvgIpc) is 3.15. The molecule has 0 aliphatic rings. The Hall–Kier alpha value is -2.68. The van der Waals surface area contributed by atoms with Crippen LogP contribution in [0.2, 0.25) is 0 Å². The lowest BCUT2D eigenvalue weighted by atomic mass is 10.1. The maximum atomic E-state index is 13.2. The second-order valence-electron chi connectivity index (χ2n) is 6.68. The summed E-state index contributed by atoms with van der Waals surface area (Å²) in [5.74, 6) is 0.173. The lowest BCUT2D eigenvalue weighted by Gasteiger charge is -2.15. The molecule has 9 heteroatoms. The quantitative estimate of drug-likeness (QED) is 0.604. The summed E-state index contributed by atoms with van der Waals surface area (Å²) < 4.78 is 4.78. The third-order valence-corrected chi connectivity index (χ3v) is 6.01. The van der Waals surface area contributed by atoms with Gasteiger partial charge in [0.15, 0.2) is 5.69 Å². The van der Waals surface area contributed by atoms with Crippen molar-refractivity contribution in [1.29, 1.82) is 0 Å². The second-order valence-corrected chi connectivity index (χ2v) is 7.79.